The fourth-order valence-corrected chi connectivity index (χ4v) is 1.98. The maximum atomic E-state index is 11.1. The summed E-state index contributed by atoms with van der Waals surface area (Å²) >= 11 is 0. The molecule has 2 rings (SSSR count). The Balaban J connectivity index is 2.04. The van der Waals surface area contributed by atoms with Gasteiger partial charge in [-0.1, -0.05) is 38.2 Å². The van der Waals surface area contributed by atoms with Crippen LogP contribution in [-0.2, 0) is 9.47 Å². The van der Waals surface area contributed by atoms with E-state index in [9.17, 15) is 4.79 Å². The summed E-state index contributed by atoms with van der Waals surface area (Å²) in [6, 6.07) is 0. The van der Waals surface area contributed by atoms with E-state index in [1.54, 1.807) is 6.08 Å². The van der Waals surface area contributed by atoms with E-state index in [2.05, 4.69) is 30.7 Å². The Bertz CT molecular complexity index is 483. The minimum atomic E-state index is -0.785. The lowest BCUT2D eigenvalue weighted by Crippen LogP contribution is -2.38. The van der Waals surface area contributed by atoms with Gasteiger partial charge < -0.3 is 9.47 Å². The summed E-state index contributed by atoms with van der Waals surface area (Å²) < 4.78 is 10.7. The van der Waals surface area contributed by atoms with Crippen molar-refractivity contribution in [3.8, 4) is 11.8 Å². The number of hydrogen-bond acceptors (Lipinski definition) is 3. The number of fused-ring (bicyclic) bond motifs is 1. The Hall–Kier alpha value is -1.73. The summed E-state index contributed by atoms with van der Waals surface area (Å²) in [4.78, 5) is 11.1. The van der Waals surface area contributed by atoms with Gasteiger partial charge in [-0.2, -0.15) is 0 Å². The summed E-state index contributed by atoms with van der Waals surface area (Å²) in [6.45, 7) is 7.97. The molecule has 1 saturated heterocycles. The zero-order chi connectivity index (χ0) is 13.9. The molecule has 0 saturated carbocycles. The minimum absolute atomic E-state index is 0.496. The van der Waals surface area contributed by atoms with Crippen molar-refractivity contribution in [1.82, 2.24) is 5.32 Å². The van der Waals surface area contributed by atoms with Crippen molar-refractivity contribution >= 4 is 6.09 Å². The van der Waals surface area contributed by atoms with Crippen molar-refractivity contribution < 1.29 is 14.3 Å². The molecule has 4 nitrogen and oxygen atoms in total. The van der Waals surface area contributed by atoms with Gasteiger partial charge in [0, 0.05) is 6.42 Å². The molecule has 2 heterocycles. The molecule has 1 amide bonds. The highest BCUT2D eigenvalue weighted by atomic mass is 16.7. The van der Waals surface area contributed by atoms with Gasteiger partial charge in [-0.05, 0) is 25.0 Å². The number of rotatable bonds is 3. The van der Waals surface area contributed by atoms with Crippen LogP contribution in [0, 0.1) is 11.8 Å². The molecule has 0 aliphatic carbocycles. The van der Waals surface area contributed by atoms with E-state index in [4.69, 9.17) is 9.47 Å². The van der Waals surface area contributed by atoms with Gasteiger partial charge in [0.2, 0.25) is 6.29 Å². The lowest BCUT2D eigenvalue weighted by Gasteiger charge is -2.31. The van der Waals surface area contributed by atoms with Crippen molar-refractivity contribution in [1.29, 1.82) is 0 Å². The molecule has 0 aromatic carbocycles. The SMILES string of the molecule is C=C1C=C2NC(=O)OC2OC1(C)C#CCCCCC. The molecule has 0 radical (unpaired) electrons. The quantitative estimate of drug-likeness (QED) is 0.627. The molecular weight excluding hydrogens is 242 g/mol. The number of unbranched alkanes of at least 4 members (excludes halogenated alkanes) is 3. The highest BCUT2D eigenvalue weighted by Crippen LogP contribution is 2.33. The standard InChI is InChI=1S/C15H19NO3/c1-4-5-6-7-8-9-15(3)11(2)10-12-13(19-15)18-14(17)16-12/h10,13H,2,4-7H2,1,3H3,(H,16,17). The van der Waals surface area contributed by atoms with E-state index in [1.807, 2.05) is 6.92 Å². The number of nitrogens with one attached hydrogen (secondary N) is 1. The second-order valence-corrected chi connectivity index (χ2v) is 4.90. The second-order valence-electron chi connectivity index (χ2n) is 4.90. The van der Waals surface area contributed by atoms with Crippen LogP contribution in [-0.4, -0.2) is 18.0 Å². The minimum Gasteiger partial charge on any atom is -0.413 e. The molecule has 1 fully saturated rings. The molecule has 2 aliphatic rings. The summed E-state index contributed by atoms with van der Waals surface area (Å²) in [5.41, 5.74) is 0.542. The van der Waals surface area contributed by atoms with E-state index in [0.29, 0.717) is 5.70 Å². The molecular formula is C15H19NO3. The van der Waals surface area contributed by atoms with Crippen molar-refractivity contribution in [3.63, 3.8) is 0 Å². The van der Waals surface area contributed by atoms with Crippen LogP contribution in [0.2, 0.25) is 0 Å². The number of carbonyl (C=O) groups excluding carboxylic acids is 1. The van der Waals surface area contributed by atoms with Crippen molar-refractivity contribution in [2.45, 2.75) is 51.4 Å². The van der Waals surface area contributed by atoms with E-state index < -0.39 is 18.0 Å². The van der Waals surface area contributed by atoms with E-state index >= 15 is 0 Å². The molecule has 102 valence electrons. The Labute approximate surface area is 113 Å². The van der Waals surface area contributed by atoms with E-state index in [-0.39, 0.29) is 0 Å². The molecule has 0 bridgehead atoms. The van der Waals surface area contributed by atoms with Gasteiger partial charge in [0.05, 0.1) is 5.70 Å². The Morgan fingerprint density at radius 1 is 1.53 bits per heavy atom. The number of amides is 1. The first kappa shape index (κ1) is 13.7. The highest BCUT2D eigenvalue weighted by Gasteiger charge is 2.41. The number of hydrogen-bond donors (Lipinski definition) is 1. The van der Waals surface area contributed by atoms with Gasteiger partial charge in [0.1, 0.15) is 0 Å². The zero-order valence-corrected chi connectivity index (χ0v) is 11.4. The van der Waals surface area contributed by atoms with Crippen LogP contribution in [0.4, 0.5) is 4.79 Å². The van der Waals surface area contributed by atoms with E-state index in [1.165, 1.54) is 12.8 Å². The zero-order valence-electron chi connectivity index (χ0n) is 11.4. The topological polar surface area (TPSA) is 47.6 Å². The monoisotopic (exact) mass is 261 g/mol. The number of carbonyl (C=O) groups is 1. The average molecular weight is 261 g/mol. The predicted octanol–water partition coefficient (Wildman–Crippen LogP) is 2.87. The summed E-state index contributed by atoms with van der Waals surface area (Å²) in [5, 5.41) is 2.57. The van der Waals surface area contributed by atoms with Crippen molar-refractivity contribution in [3.05, 3.63) is 23.9 Å². The molecule has 1 N–H and O–H groups in total. The predicted molar refractivity (Wildman–Crippen MR) is 72.0 cm³/mol. The largest absolute Gasteiger partial charge is 0.414 e. The molecule has 19 heavy (non-hydrogen) atoms. The second kappa shape index (κ2) is 5.50. The van der Waals surface area contributed by atoms with Crippen LogP contribution < -0.4 is 5.32 Å². The molecule has 2 aliphatic heterocycles. The van der Waals surface area contributed by atoms with Gasteiger partial charge in [-0.3, -0.25) is 5.32 Å². The van der Waals surface area contributed by atoms with Crippen LogP contribution in [0.25, 0.3) is 0 Å². The Morgan fingerprint density at radius 2 is 2.32 bits per heavy atom. The van der Waals surface area contributed by atoms with Gasteiger partial charge in [0.25, 0.3) is 0 Å². The van der Waals surface area contributed by atoms with Crippen LogP contribution in [0.5, 0.6) is 0 Å². The fraction of sp³-hybridized carbons (Fsp3) is 0.533. The summed E-state index contributed by atoms with van der Waals surface area (Å²) in [6.07, 6.45) is 4.89. The first-order valence-electron chi connectivity index (χ1n) is 6.61. The maximum absolute atomic E-state index is 11.1. The lowest BCUT2D eigenvalue weighted by molar-refractivity contribution is -0.114. The average Bonchev–Trinajstić information content (AvgIpc) is 2.69. The smallest absolute Gasteiger partial charge is 0.413 e. The van der Waals surface area contributed by atoms with Crippen LogP contribution in [0.15, 0.2) is 23.9 Å². The molecule has 2 unspecified atom stereocenters. The third kappa shape index (κ3) is 2.99. The molecule has 4 heteroatoms. The van der Waals surface area contributed by atoms with Gasteiger partial charge in [-0.15, -0.1) is 0 Å². The van der Waals surface area contributed by atoms with Crippen molar-refractivity contribution in [2.24, 2.45) is 0 Å². The first-order valence-corrected chi connectivity index (χ1v) is 6.61. The molecule has 2 atom stereocenters. The Kier molecular flexibility index (Phi) is 3.96. The number of ether oxygens (including phenoxy) is 2. The molecule has 0 spiro atoms. The van der Waals surface area contributed by atoms with Gasteiger partial charge in [0.15, 0.2) is 5.60 Å². The third-order valence-corrected chi connectivity index (χ3v) is 3.23. The highest BCUT2D eigenvalue weighted by molar-refractivity contribution is 5.73. The third-order valence-electron chi connectivity index (χ3n) is 3.23. The van der Waals surface area contributed by atoms with Crippen LogP contribution in [0.3, 0.4) is 0 Å². The van der Waals surface area contributed by atoms with Gasteiger partial charge >= 0.3 is 6.09 Å². The normalized spacial score (nSPS) is 28.7. The van der Waals surface area contributed by atoms with Crippen LogP contribution in [0.1, 0.15) is 39.5 Å². The van der Waals surface area contributed by atoms with Crippen molar-refractivity contribution in [2.75, 3.05) is 0 Å². The maximum Gasteiger partial charge on any atom is 0.414 e. The number of alkyl carbamates (subject to hydrolysis) is 1. The van der Waals surface area contributed by atoms with Gasteiger partial charge in [-0.25, -0.2) is 4.79 Å². The molecule has 0 aromatic rings. The summed E-state index contributed by atoms with van der Waals surface area (Å²) in [7, 11) is 0. The first-order chi connectivity index (χ1) is 9.05. The molecule has 0 aromatic heterocycles. The Morgan fingerprint density at radius 3 is 3.05 bits per heavy atom. The van der Waals surface area contributed by atoms with Crippen LogP contribution >= 0.6 is 0 Å². The summed E-state index contributed by atoms with van der Waals surface area (Å²) in [5.74, 6) is 6.22. The fourth-order valence-electron chi connectivity index (χ4n) is 1.98. The lowest BCUT2D eigenvalue weighted by atomic mass is 9.94. The van der Waals surface area contributed by atoms with E-state index in [0.717, 1.165) is 18.4 Å².